The van der Waals surface area contributed by atoms with Crippen molar-refractivity contribution in [2.75, 3.05) is 14.2 Å². The van der Waals surface area contributed by atoms with E-state index in [9.17, 15) is 0 Å². The zero-order valence-electron chi connectivity index (χ0n) is 19.6. The summed E-state index contributed by atoms with van der Waals surface area (Å²) in [6.45, 7) is 2.82. The monoisotopic (exact) mass is 445 g/mol. The van der Waals surface area contributed by atoms with Gasteiger partial charge in [-0.25, -0.2) is 0 Å². The average Bonchev–Trinajstić information content (AvgIpc) is 3.40. The molecule has 0 unspecified atom stereocenters. The minimum absolute atomic E-state index is 0.137. The van der Waals surface area contributed by atoms with Crippen LogP contribution >= 0.6 is 0 Å². The molecule has 0 saturated heterocycles. The van der Waals surface area contributed by atoms with Crippen LogP contribution in [0.5, 0.6) is 11.5 Å². The van der Waals surface area contributed by atoms with Crippen molar-refractivity contribution in [3.63, 3.8) is 0 Å². The lowest BCUT2D eigenvalue weighted by molar-refractivity contribution is -0.0333. The van der Waals surface area contributed by atoms with Gasteiger partial charge in [0.2, 0.25) is 0 Å². The van der Waals surface area contributed by atoms with Crippen LogP contribution in [-0.4, -0.2) is 30.6 Å². The summed E-state index contributed by atoms with van der Waals surface area (Å²) in [5.41, 5.74) is 7.84. The van der Waals surface area contributed by atoms with E-state index in [1.165, 1.54) is 25.7 Å². The van der Waals surface area contributed by atoms with Crippen LogP contribution < -0.4 is 14.9 Å². The number of ether oxygens (including phenoxy) is 2. The second kappa shape index (κ2) is 7.72. The molecule has 3 aliphatic carbocycles. The van der Waals surface area contributed by atoms with E-state index in [0.717, 1.165) is 63.9 Å². The quantitative estimate of drug-likeness (QED) is 0.567. The number of amidine groups is 1. The summed E-state index contributed by atoms with van der Waals surface area (Å²) in [5, 5.41) is 6.13. The number of furan rings is 1. The molecular formula is C27H31N3O3. The van der Waals surface area contributed by atoms with Crippen LogP contribution in [0.2, 0.25) is 0 Å². The van der Waals surface area contributed by atoms with Crippen molar-refractivity contribution in [3.05, 3.63) is 59.4 Å². The van der Waals surface area contributed by atoms with Crippen molar-refractivity contribution in [2.24, 2.45) is 16.9 Å². The highest BCUT2D eigenvalue weighted by atomic mass is 16.5. The van der Waals surface area contributed by atoms with Crippen LogP contribution in [0.1, 0.15) is 48.8 Å². The van der Waals surface area contributed by atoms with Crippen LogP contribution in [0.25, 0.3) is 11.0 Å². The Morgan fingerprint density at radius 1 is 1.09 bits per heavy atom. The Kier molecular flexibility index (Phi) is 4.78. The summed E-state index contributed by atoms with van der Waals surface area (Å²) in [6, 6.07) is 12.5. The van der Waals surface area contributed by atoms with Crippen LogP contribution in [0.15, 0.2) is 52.2 Å². The molecule has 6 heteroatoms. The third-order valence-corrected chi connectivity index (χ3v) is 8.06. The Morgan fingerprint density at radius 3 is 2.67 bits per heavy atom. The maximum atomic E-state index is 5.76. The van der Waals surface area contributed by atoms with E-state index in [1.807, 2.05) is 18.4 Å². The van der Waals surface area contributed by atoms with Crippen molar-refractivity contribution in [2.45, 2.75) is 51.2 Å². The molecule has 1 spiro atoms. The Hall–Kier alpha value is -3.15. The predicted molar refractivity (Wildman–Crippen MR) is 129 cm³/mol. The highest BCUT2D eigenvalue weighted by Crippen LogP contribution is 2.51. The number of benzene rings is 2. The van der Waals surface area contributed by atoms with E-state index in [4.69, 9.17) is 19.0 Å². The summed E-state index contributed by atoms with van der Waals surface area (Å²) in [6.07, 6.45) is 8.15. The second-order valence-corrected chi connectivity index (χ2v) is 9.79. The highest BCUT2D eigenvalue weighted by Gasteiger charge is 2.54. The minimum Gasteiger partial charge on any atom is -0.497 e. The van der Waals surface area contributed by atoms with Crippen molar-refractivity contribution >= 4 is 16.8 Å². The van der Waals surface area contributed by atoms with Crippen molar-refractivity contribution in [3.8, 4) is 11.5 Å². The number of methoxy groups -OCH3 is 2. The van der Waals surface area contributed by atoms with E-state index in [2.05, 4.69) is 41.5 Å². The molecule has 7 rings (SSSR count). The van der Waals surface area contributed by atoms with Crippen LogP contribution in [0.3, 0.4) is 0 Å². The molecule has 1 N–H and O–H groups in total. The molecule has 2 heterocycles. The molecule has 6 nitrogen and oxygen atoms in total. The zero-order chi connectivity index (χ0) is 22.6. The molecule has 2 aromatic carbocycles. The van der Waals surface area contributed by atoms with Crippen LogP contribution in [0.4, 0.5) is 0 Å². The first-order valence-corrected chi connectivity index (χ1v) is 11.9. The van der Waals surface area contributed by atoms with Gasteiger partial charge in [0.25, 0.3) is 0 Å². The van der Waals surface area contributed by atoms with Gasteiger partial charge in [-0.3, -0.25) is 5.43 Å². The second-order valence-electron chi connectivity index (χ2n) is 9.79. The first-order chi connectivity index (χ1) is 16.1. The summed E-state index contributed by atoms with van der Waals surface area (Å²) in [4.78, 5) is 2.52. The van der Waals surface area contributed by atoms with Gasteiger partial charge < -0.3 is 18.8 Å². The highest BCUT2D eigenvalue weighted by molar-refractivity contribution is 6.03. The average molecular weight is 446 g/mol. The molecule has 3 saturated carbocycles. The summed E-state index contributed by atoms with van der Waals surface area (Å²) >= 11 is 0. The van der Waals surface area contributed by atoms with Crippen molar-refractivity contribution in [1.82, 2.24) is 10.3 Å². The Labute approximate surface area is 194 Å². The lowest BCUT2D eigenvalue weighted by atomic mass is 9.63. The normalized spacial score (nSPS) is 26.0. The Balaban J connectivity index is 1.43. The van der Waals surface area contributed by atoms with Gasteiger partial charge in [-0.1, -0.05) is 0 Å². The van der Waals surface area contributed by atoms with Gasteiger partial charge in [-0.2, -0.15) is 5.10 Å². The number of hydrogen-bond acceptors (Lipinski definition) is 6. The summed E-state index contributed by atoms with van der Waals surface area (Å²) < 4.78 is 16.9. The Bertz CT molecular complexity index is 1220. The summed E-state index contributed by atoms with van der Waals surface area (Å²) in [7, 11) is 3.41. The topological polar surface area (TPSA) is 59.2 Å². The van der Waals surface area contributed by atoms with Gasteiger partial charge in [-0.15, -0.1) is 0 Å². The smallest absolute Gasteiger partial charge is 0.158 e. The molecule has 3 aromatic rings. The van der Waals surface area contributed by atoms with Gasteiger partial charge >= 0.3 is 0 Å². The molecule has 4 aliphatic rings. The standard InChI is InChI=1S/C27H31N3O3/c1-17-16-33-24-11-7-19(12-23(17)24)26-28-29-27(14-18-4-8-21(27)9-5-18)30(26)15-20-6-10-22(31-2)13-25(20)32-3/h6-7,10-13,16,18,21,29H,4-5,8-9,14-15H2,1-3H3/t18?,21?,27-/m1/s1. The number of hydrogen-bond donors (Lipinski definition) is 1. The molecule has 1 aromatic heterocycles. The molecule has 1 atom stereocenters. The maximum Gasteiger partial charge on any atom is 0.158 e. The molecule has 0 radical (unpaired) electrons. The van der Waals surface area contributed by atoms with Crippen molar-refractivity contribution < 1.29 is 13.9 Å². The first kappa shape index (κ1) is 20.5. The zero-order valence-corrected chi connectivity index (χ0v) is 19.6. The van der Waals surface area contributed by atoms with E-state index in [1.54, 1.807) is 14.2 Å². The van der Waals surface area contributed by atoms with Crippen LogP contribution in [-0.2, 0) is 6.54 Å². The largest absolute Gasteiger partial charge is 0.497 e. The lowest BCUT2D eigenvalue weighted by Gasteiger charge is -2.54. The fourth-order valence-electron chi connectivity index (χ4n) is 6.26. The molecule has 3 fully saturated rings. The third kappa shape index (κ3) is 3.18. The van der Waals surface area contributed by atoms with Gasteiger partial charge in [0.15, 0.2) is 5.84 Å². The number of nitrogens with zero attached hydrogens (tertiary/aromatic N) is 2. The van der Waals surface area contributed by atoms with Crippen molar-refractivity contribution in [1.29, 1.82) is 0 Å². The fourth-order valence-corrected chi connectivity index (χ4v) is 6.26. The molecule has 172 valence electrons. The molecular weight excluding hydrogens is 414 g/mol. The van der Waals surface area contributed by atoms with E-state index < -0.39 is 0 Å². The van der Waals surface area contributed by atoms with Gasteiger partial charge in [0.1, 0.15) is 22.7 Å². The number of aryl methyl sites for hydroxylation is 1. The Morgan fingerprint density at radius 2 is 1.94 bits per heavy atom. The molecule has 1 aliphatic heterocycles. The number of nitrogens with one attached hydrogen (secondary N) is 1. The summed E-state index contributed by atoms with van der Waals surface area (Å²) in [5.74, 6) is 4.00. The van der Waals surface area contributed by atoms with Crippen LogP contribution in [0, 0.1) is 18.8 Å². The van der Waals surface area contributed by atoms with Gasteiger partial charge in [-0.05, 0) is 80.8 Å². The van der Waals surface area contributed by atoms with E-state index in [-0.39, 0.29) is 5.66 Å². The first-order valence-electron chi connectivity index (χ1n) is 11.9. The van der Waals surface area contributed by atoms with Gasteiger partial charge in [0.05, 0.1) is 27.0 Å². The number of hydrazone groups is 1. The number of rotatable bonds is 5. The minimum atomic E-state index is -0.137. The predicted octanol–water partition coefficient (Wildman–Crippen LogP) is 5.43. The van der Waals surface area contributed by atoms with E-state index in [0.29, 0.717) is 5.92 Å². The van der Waals surface area contributed by atoms with Gasteiger partial charge in [0, 0.05) is 28.5 Å². The molecule has 0 amide bonds. The number of fused-ring (bicyclic) bond motifs is 3. The lowest BCUT2D eigenvalue weighted by Crippen LogP contribution is -2.63. The molecule has 2 bridgehead atoms. The fraction of sp³-hybridized carbons (Fsp3) is 0.444. The maximum absolute atomic E-state index is 5.76. The third-order valence-electron chi connectivity index (χ3n) is 8.06. The molecule has 33 heavy (non-hydrogen) atoms. The van der Waals surface area contributed by atoms with E-state index >= 15 is 0 Å². The SMILES string of the molecule is COc1ccc(CN2C(c3ccc4occ(C)c4c3)=NN[C@]23CC2CCC3CC2)c(OC)c1.